The Balaban J connectivity index is 2.16. The van der Waals surface area contributed by atoms with Gasteiger partial charge in [-0.3, -0.25) is 0 Å². The van der Waals surface area contributed by atoms with E-state index in [0.717, 1.165) is 5.56 Å². The van der Waals surface area contributed by atoms with Crippen LogP contribution in [0.3, 0.4) is 0 Å². The van der Waals surface area contributed by atoms with E-state index >= 15 is 0 Å². The molecule has 2 aromatic rings. The third kappa shape index (κ3) is 2.90. The van der Waals surface area contributed by atoms with Gasteiger partial charge >= 0.3 is 0 Å². The van der Waals surface area contributed by atoms with Crippen LogP contribution in [0.5, 0.6) is 0 Å². The van der Waals surface area contributed by atoms with Crippen molar-refractivity contribution in [1.29, 1.82) is 0 Å². The summed E-state index contributed by atoms with van der Waals surface area (Å²) < 4.78 is 25.9. The summed E-state index contributed by atoms with van der Waals surface area (Å²) in [5, 5.41) is 7.24. The molecule has 2 rings (SSSR count). The molecule has 0 aliphatic carbocycles. The molecule has 1 aromatic heterocycles. The number of hydrogen-bond donors (Lipinski definition) is 1. The van der Waals surface area contributed by atoms with E-state index in [1.54, 1.807) is 17.4 Å². The largest absolute Gasteiger partial charge is 0.313 e. The second-order valence-corrected chi connectivity index (χ2v) is 4.63. The maximum absolute atomic E-state index is 13.1. The molecule has 0 aliphatic rings. The SMILES string of the molecule is CNC(Cc1ccc(F)c(F)c1)c1ccsc1. The van der Waals surface area contributed by atoms with Gasteiger partial charge in [-0.1, -0.05) is 6.07 Å². The van der Waals surface area contributed by atoms with Gasteiger partial charge in [0.15, 0.2) is 11.6 Å². The molecule has 0 saturated heterocycles. The maximum atomic E-state index is 13.1. The number of likely N-dealkylation sites (N-methyl/N-ethyl adjacent to an activating group) is 1. The lowest BCUT2D eigenvalue weighted by Crippen LogP contribution is -2.18. The third-order valence-corrected chi connectivity index (χ3v) is 3.42. The van der Waals surface area contributed by atoms with Crippen molar-refractivity contribution in [1.82, 2.24) is 5.32 Å². The molecule has 1 unspecified atom stereocenters. The molecule has 17 heavy (non-hydrogen) atoms. The highest BCUT2D eigenvalue weighted by Gasteiger charge is 2.11. The van der Waals surface area contributed by atoms with Gasteiger partial charge in [0.05, 0.1) is 0 Å². The Morgan fingerprint density at radius 1 is 1.24 bits per heavy atom. The van der Waals surface area contributed by atoms with Crippen molar-refractivity contribution in [3.8, 4) is 0 Å². The highest BCUT2D eigenvalue weighted by atomic mass is 32.1. The normalized spacial score (nSPS) is 12.6. The topological polar surface area (TPSA) is 12.0 Å². The zero-order chi connectivity index (χ0) is 12.3. The average Bonchev–Trinajstić information content (AvgIpc) is 2.84. The minimum Gasteiger partial charge on any atom is -0.313 e. The van der Waals surface area contributed by atoms with Crippen LogP contribution in [0.25, 0.3) is 0 Å². The molecule has 1 heterocycles. The van der Waals surface area contributed by atoms with E-state index in [2.05, 4.69) is 10.7 Å². The summed E-state index contributed by atoms with van der Waals surface area (Å²) >= 11 is 1.63. The second kappa shape index (κ2) is 5.38. The van der Waals surface area contributed by atoms with Crippen molar-refractivity contribution in [2.24, 2.45) is 0 Å². The Morgan fingerprint density at radius 2 is 2.06 bits per heavy atom. The van der Waals surface area contributed by atoms with Gasteiger partial charge in [0.2, 0.25) is 0 Å². The van der Waals surface area contributed by atoms with Crippen LogP contribution in [0, 0.1) is 11.6 Å². The predicted octanol–water partition coefficient (Wildman–Crippen LogP) is 3.53. The molecule has 0 saturated carbocycles. The van der Waals surface area contributed by atoms with Gasteiger partial charge in [-0.15, -0.1) is 0 Å². The number of benzene rings is 1. The van der Waals surface area contributed by atoms with Crippen LogP contribution < -0.4 is 5.32 Å². The summed E-state index contributed by atoms with van der Waals surface area (Å²) in [6.45, 7) is 0. The molecule has 1 nitrogen and oxygen atoms in total. The van der Waals surface area contributed by atoms with Gasteiger partial charge in [-0.2, -0.15) is 11.3 Å². The molecule has 1 aromatic carbocycles. The van der Waals surface area contributed by atoms with Crippen molar-refractivity contribution in [2.75, 3.05) is 7.05 Å². The van der Waals surface area contributed by atoms with Crippen molar-refractivity contribution >= 4 is 11.3 Å². The number of halogens is 2. The van der Waals surface area contributed by atoms with Crippen LogP contribution in [-0.2, 0) is 6.42 Å². The summed E-state index contributed by atoms with van der Waals surface area (Å²) in [4.78, 5) is 0. The van der Waals surface area contributed by atoms with E-state index in [9.17, 15) is 8.78 Å². The molecule has 0 bridgehead atoms. The standard InChI is InChI=1S/C13H13F2NS/c1-16-13(10-4-5-17-8-10)7-9-2-3-11(14)12(15)6-9/h2-6,8,13,16H,7H2,1H3. The second-order valence-electron chi connectivity index (χ2n) is 3.85. The summed E-state index contributed by atoms with van der Waals surface area (Å²) in [6, 6.07) is 6.21. The molecular weight excluding hydrogens is 240 g/mol. The van der Waals surface area contributed by atoms with Crippen LogP contribution >= 0.6 is 11.3 Å². The van der Waals surface area contributed by atoms with Crippen molar-refractivity contribution < 1.29 is 8.78 Å². The molecule has 0 amide bonds. The fourth-order valence-corrected chi connectivity index (χ4v) is 2.48. The Hall–Kier alpha value is -1.26. The number of hydrogen-bond acceptors (Lipinski definition) is 2. The molecule has 0 fully saturated rings. The van der Waals surface area contributed by atoms with E-state index in [1.807, 2.05) is 18.5 Å². The molecule has 1 N–H and O–H groups in total. The summed E-state index contributed by atoms with van der Waals surface area (Å²) in [5.74, 6) is -1.59. The fraction of sp³-hybridized carbons (Fsp3) is 0.231. The highest BCUT2D eigenvalue weighted by Crippen LogP contribution is 2.21. The fourth-order valence-electron chi connectivity index (χ4n) is 1.76. The smallest absolute Gasteiger partial charge is 0.159 e. The first-order chi connectivity index (χ1) is 8.20. The van der Waals surface area contributed by atoms with E-state index < -0.39 is 11.6 Å². The summed E-state index contributed by atoms with van der Waals surface area (Å²) in [7, 11) is 1.86. The van der Waals surface area contributed by atoms with Crippen molar-refractivity contribution in [2.45, 2.75) is 12.5 Å². The third-order valence-electron chi connectivity index (χ3n) is 2.72. The Bertz CT molecular complexity index is 482. The minimum atomic E-state index is -0.801. The van der Waals surface area contributed by atoms with Crippen molar-refractivity contribution in [3.63, 3.8) is 0 Å². The van der Waals surface area contributed by atoms with E-state index in [0.29, 0.717) is 6.42 Å². The molecule has 1 atom stereocenters. The molecule has 0 spiro atoms. The van der Waals surface area contributed by atoms with Crippen LogP contribution in [0.4, 0.5) is 8.78 Å². The van der Waals surface area contributed by atoms with E-state index in [-0.39, 0.29) is 6.04 Å². The van der Waals surface area contributed by atoms with Gasteiger partial charge in [0.1, 0.15) is 0 Å². The van der Waals surface area contributed by atoms with E-state index in [4.69, 9.17) is 0 Å². The zero-order valence-corrected chi connectivity index (χ0v) is 10.2. The minimum absolute atomic E-state index is 0.131. The van der Waals surface area contributed by atoms with Crippen LogP contribution in [0.15, 0.2) is 35.0 Å². The molecule has 0 aliphatic heterocycles. The lowest BCUT2D eigenvalue weighted by molar-refractivity contribution is 0.504. The average molecular weight is 253 g/mol. The molecular formula is C13H13F2NS. The Kier molecular flexibility index (Phi) is 3.86. The first-order valence-corrected chi connectivity index (χ1v) is 6.28. The van der Waals surface area contributed by atoms with Crippen LogP contribution in [0.2, 0.25) is 0 Å². The number of rotatable bonds is 4. The Labute approximate surface area is 103 Å². The molecule has 4 heteroatoms. The van der Waals surface area contributed by atoms with Gasteiger partial charge < -0.3 is 5.32 Å². The number of nitrogens with one attached hydrogen (secondary N) is 1. The van der Waals surface area contributed by atoms with Gasteiger partial charge in [0.25, 0.3) is 0 Å². The molecule has 0 radical (unpaired) electrons. The first kappa shape index (κ1) is 12.2. The van der Waals surface area contributed by atoms with Crippen molar-refractivity contribution in [3.05, 3.63) is 57.8 Å². The monoisotopic (exact) mass is 253 g/mol. The van der Waals surface area contributed by atoms with Gasteiger partial charge in [-0.25, -0.2) is 8.78 Å². The maximum Gasteiger partial charge on any atom is 0.159 e. The van der Waals surface area contributed by atoms with Gasteiger partial charge in [0, 0.05) is 6.04 Å². The zero-order valence-electron chi connectivity index (χ0n) is 9.41. The number of thiophene rings is 1. The van der Waals surface area contributed by atoms with E-state index in [1.165, 1.54) is 17.7 Å². The van der Waals surface area contributed by atoms with Gasteiger partial charge in [-0.05, 0) is 53.6 Å². The first-order valence-electron chi connectivity index (χ1n) is 5.34. The lowest BCUT2D eigenvalue weighted by Gasteiger charge is -2.15. The van der Waals surface area contributed by atoms with Crippen LogP contribution in [-0.4, -0.2) is 7.05 Å². The highest BCUT2D eigenvalue weighted by molar-refractivity contribution is 7.07. The Morgan fingerprint density at radius 3 is 2.65 bits per heavy atom. The predicted molar refractivity (Wildman–Crippen MR) is 66.2 cm³/mol. The summed E-state index contributed by atoms with van der Waals surface area (Å²) in [6.07, 6.45) is 0.643. The van der Waals surface area contributed by atoms with Crippen LogP contribution in [0.1, 0.15) is 17.2 Å². The lowest BCUT2D eigenvalue weighted by atomic mass is 10.0. The quantitative estimate of drug-likeness (QED) is 0.879. The summed E-state index contributed by atoms with van der Waals surface area (Å²) in [5.41, 5.74) is 1.96. The molecule has 90 valence electrons.